The first kappa shape index (κ1) is 16.3. The molecule has 6 nitrogen and oxygen atoms in total. The second-order valence-electron chi connectivity index (χ2n) is 4.28. The van der Waals surface area contributed by atoms with Gasteiger partial charge in [-0.15, -0.1) is 11.8 Å². The van der Waals surface area contributed by atoms with Crippen molar-refractivity contribution in [2.24, 2.45) is 5.10 Å². The van der Waals surface area contributed by atoms with Crippen molar-refractivity contribution in [1.82, 2.24) is 9.66 Å². The van der Waals surface area contributed by atoms with E-state index in [1.807, 2.05) is 30.3 Å². The maximum absolute atomic E-state index is 12.3. The number of aromatic nitrogens is 2. The van der Waals surface area contributed by atoms with Gasteiger partial charge in [-0.25, -0.2) is 4.98 Å². The lowest BCUT2D eigenvalue weighted by Gasteiger charge is -2.08. The molecule has 1 aromatic carbocycles. The molecule has 0 spiro atoms. The molecule has 112 valence electrons. The molecule has 1 aromatic heterocycles. The van der Waals surface area contributed by atoms with Crippen molar-refractivity contribution in [2.75, 3.05) is 12.0 Å². The number of rotatable bonds is 3. The zero-order valence-electron chi connectivity index (χ0n) is 11.9. The van der Waals surface area contributed by atoms with Crippen LogP contribution in [0.1, 0.15) is 18.1 Å². The lowest BCUT2D eigenvalue weighted by Crippen LogP contribution is -2.25. The first-order chi connectivity index (χ1) is 10.5. The van der Waals surface area contributed by atoms with Crippen LogP contribution in [0.15, 0.2) is 43.7 Å². The Morgan fingerprint density at radius 3 is 2.64 bits per heavy atom. The van der Waals surface area contributed by atoms with E-state index in [0.29, 0.717) is 10.7 Å². The lowest BCUT2D eigenvalue weighted by molar-refractivity contribution is 0.785. The van der Waals surface area contributed by atoms with Gasteiger partial charge in [0.15, 0.2) is 5.56 Å². The summed E-state index contributed by atoms with van der Waals surface area (Å²) in [4.78, 5) is 16.4. The minimum absolute atomic E-state index is 0.0511. The van der Waals surface area contributed by atoms with E-state index in [9.17, 15) is 4.79 Å². The molecule has 0 aliphatic rings. The van der Waals surface area contributed by atoms with Crippen LogP contribution in [0.5, 0.6) is 0 Å². The Hall–Kier alpha value is -2.11. The number of anilines is 1. The quantitative estimate of drug-likeness (QED) is 0.503. The highest BCUT2D eigenvalue weighted by atomic mass is 79.9. The zero-order chi connectivity index (χ0) is 16.3. The summed E-state index contributed by atoms with van der Waals surface area (Å²) in [5, 5.41) is 13.6. The molecule has 0 unspecified atom stereocenters. The molecule has 0 radical (unpaired) electrons. The van der Waals surface area contributed by atoms with E-state index in [1.165, 1.54) is 11.8 Å². The van der Waals surface area contributed by atoms with Crippen LogP contribution < -0.4 is 11.3 Å². The Bertz CT molecular complexity index is 836. The fourth-order valence-electron chi connectivity index (χ4n) is 1.75. The largest absolute Gasteiger partial charge is 0.368 e. The molecule has 0 aliphatic carbocycles. The SMILES string of the molecule is CSc1nc(N)n(/N=C(\C)c2ccc(Br)cc2)c(=O)c1C#N. The summed E-state index contributed by atoms with van der Waals surface area (Å²) in [6.07, 6.45) is 1.72. The standard InChI is InChI=1S/C14H12BrN5OS/c1-8(9-3-5-10(15)6-4-9)19-20-13(21)11(7-16)12(22-2)18-14(20)17/h3-6H,1-2H3,(H2,17,18)/b19-8+. The van der Waals surface area contributed by atoms with Crippen LogP contribution in [-0.2, 0) is 0 Å². The Morgan fingerprint density at radius 1 is 1.45 bits per heavy atom. The highest BCUT2D eigenvalue weighted by Gasteiger charge is 2.14. The van der Waals surface area contributed by atoms with Gasteiger partial charge in [-0.1, -0.05) is 28.1 Å². The maximum atomic E-state index is 12.3. The zero-order valence-corrected chi connectivity index (χ0v) is 14.3. The Morgan fingerprint density at radius 2 is 2.09 bits per heavy atom. The first-order valence-corrected chi connectivity index (χ1v) is 8.17. The summed E-state index contributed by atoms with van der Waals surface area (Å²) in [6.45, 7) is 1.75. The van der Waals surface area contributed by atoms with E-state index in [-0.39, 0.29) is 11.5 Å². The van der Waals surface area contributed by atoms with Crippen LogP contribution in [0.25, 0.3) is 0 Å². The average molecular weight is 378 g/mol. The van der Waals surface area contributed by atoms with Crippen LogP contribution >= 0.6 is 27.7 Å². The third-order valence-electron chi connectivity index (χ3n) is 2.87. The molecule has 2 N–H and O–H groups in total. The van der Waals surface area contributed by atoms with Crippen LogP contribution in [0.2, 0.25) is 0 Å². The van der Waals surface area contributed by atoms with Crippen LogP contribution in [-0.4, -0.2) is 21.6 Å². The maximum Gasteiger partial charge on any atom is 0.294 e. The number of nitriles is 1. The molecule has 0 atom stereocenters. The number of nitrogens with zero attached hydrogens (tertiary/aromatic N) is 4. The monoisotopic (exact) mass is 377 g/mol. The fraction of sp³-hybridized carbons (Fsp3) is 0.143. The minimum atomic E-state index is -0.573. The van der Waals surface area contributed by atoms with Gasteiger partial charge in [0.25, 0.3) is 5.56 Å². The number of benzene rings is 1. The van der Waals surface area contributed by atoms with Crippen molar-refractivity contribution < 1.29 is 0 Å². The van der Waals surface area contributed by atoms with Crippen molar-refractivity contribution in [3.05, 3.63) is 50.2 Å². The molecule has 8 heteroatoms. The molecule has 22 heavy (non-hydrogen) atoms. The van der Waals surface area contributed by atoms with Gasteiger partial charge in [0.05, 0.1) is 5.71 Å². The van der Waals surface area contributed by atoms with Crippen LogP contribution in [0.4, 0.5) is 5.95 Å². The normalized spacial score (nSPS) is 11.3. The summed E-state index contributed by atoms with van der Waals surface area (Å²) in [5.74, 6) is -0.0511. The van der Waals surface area contributed by atoms with Crippen molar-refractivity contribution in [3.8, 4) is 6.07 Å². The molecular weight excluding hydrogens is 366 g/mol. The molecule has 2 rings (SSSR count). The van der Waals surface area contributed by atoms with Gasteiger partial charge in [0, 0.05) is 4.47 Å². The number of nitrogen functional groups attached to an aromatic ring is 1. The average Bonchev–Trinajstić information content (AvgIpc) is 2.51. The van der Waals surface area contributed by atoms with Crippen molar-refractivity contribution in [1.29, 1.82) is 5.26 Å². The summed E-state index contributed by atoms with van der Waals surface area (Å²) in [6, 6.07) is 9.32. The topological polar surface area (TPSA) is 97.1 Å². The van der Waals surface area contributed by atoms with Crippen molar-refractivity contribution >= 4 is 39.4 Å². The summed E-state index contributed by atoms with van der Waals surface area (Å²) < 4.78 is 1.90. The number of thioether (sulfide) groups is 1. The van der Waals surface area contributed by atoms with E-state index in [1.54, 1.807) is 13.2 Å². The highest BCUT2D eigenvalue weighted by molar-refractivity contribution is 9.10. The van der Waals surface area contributed by atoms with Crippen LogP contribution in [0.3, 0.4) is 0 Å². The molecular formula is C14H12BrN5OS. The molecule has 0 fully saturated rings. The van der Waals surface area contributed by atoms with E-state index < -0.39 is 5.56 Å². The number of hydrogen-bond acceptors (Lipinski definition) is 6. The molecule has 0 aliphatic heterocycles. The minimum Gasteiger partial charge on any atom is -0.368 e. The molecule has 1 heterocycles. The lowest BCUT2D eigenvalue weighted by atomic mass is 10.1. The highest BCUT2D eigenvalue weighted by Crippen LogP contribution is 2.16. The van der Waals surface area contributed by atoms with E-state index in [2.05, 4.69) is 26.0 Å². The summed E-state index contributed by atoms with van der Waals surface area (Å²) in [5.41, 5.74) is 6.57. The van der Waals surface area contributed by atoms with Gasteiger partial charge in [0.1, 0.15) is 11.1 Å². The second kappa shape index (κ2) is 6.77. The molecule has 0 saturated heterocycles. The predicted molar refractivity (Wildman–Crippen MR) is 91.2 cm³/mol. The Balaban J connectivity index is 2.58. The van der Waals surface area contributed by atoms with Gasteiger partial charge < -0.3 is 5.73 Å². The van der Waals surface area contributed by atoms with Gasteiger partial charge in [-0.3, -0.25) is 4.79 Å². The third-order valence-corrected chi connectivity index (χ3v) is 4.08. The fourth-order valence-corrected chi connectivity index (χ4v) is 2.53. The molecule has 0 amide bonds. The number of nitrogens with two attached hydrogens (primary N) is 1. The van der Waals surface area contributed by atoms with Crippen molar-refractivity contribution in [3.63, 3.8) is 0 Å². The Labute approximate surface area is 139 Å². The predicted octanol–water partition coefficient (Wildman–Crippen LogP) is 2.45. The van der Waals surface area contributed by atoms with Crippen molar-refractivity contribution in [2.45, 2.75) is 11.9 Å². The van der Waals surface area contributed by atoms with E-state index in [0.717, 1.165) is 14.7 Å². The smallest absolute Gasteiger partial charge is 0.294 e. The van der Waals surface area contributed by atoms with Gasteiger partial charge in [-0.2, -0.15) is 15.0 Å². The molecule has 2 aromatic rings. The Kier molecular flexibility index (Phi) is 5.00. The van der Waals surface area contributed by atoms with Gasteiger partial charge in [0.2, 0.25) is 5.95 Å². The molecule has 0 bridgehead atoms. The van der Waals surface area contributed by atoms with Crippen LogP contribution in [0, 0.1) is 11.3 Å². The summed E-state index contributed by atoms with van der Waals surface area (Å²) >= 11 is 4.55. The first-order valence-electron chi connectivity index (χ1n) is 6.16. The van der Waals surface area contributed by atoms with E-state index >= 15 is 0 Å². The second-order valence-corrected chi connectivity index (χ2v) is 5.99. The van der Waals surface area contributed by atoms with Gasteiger partial charge in [-0.05, 0) is 30.9 Å². The number of hydrogen-bond donors (Lipinski definition) is 1. The number of halogens is 1. The third kappa shape index (κ3) is 3.21. The summed E-state index contributed by atoms with van der Waals surface area (Å²) in [7, 11) is 0. The molecule has 0 saturated carbocycles. The van der Waals surface area contributed by atoms with E-state index in [4.69, 9.17) is 11.0 Å². The van der Waals surface area contributed by atoms with Gasteiger partial charge >= 0.3 is 0 Å².